The molecule has 0 spiro atoms. The number of aryl methyl sites for hydroxylation is 1. The topological polar surface area (TPSA) is 114 Å². The van der Waals surface area contributed by atoms with Gasteiger partial charge in [0.2, 0.25) is 0 Å². The zero-order valence-electron chi connectivity index (χ0n) is 16.9. The highest BCUT2D eigenvalue weighted by atomic mass is 32.2. The van der Waals surface area contributed by atoms with E-state index in [9.17, 15) is 18.0 Å². The molecule has 1 atom stereocenters. The normalized spacial score (nSPS) is 15.5. The summed E-state index contributed by atoms with van der Waals surface area (Å²) in [6, 6.07) is 3.07. The lowest BCUT2D eigenvalue weighted by molar-refractivity contribution is -0.145. The van der Waals surface area contributed by atoms with Gasteiger partial charge in [-0.05, 0) is 44.4 Å². The van der Waals surface area contributed by atoms with Crippen molar-refractivity contribution < 1.29 is 22.7 Å². The highest BCUT2D eigenvalue weighted by Gasteiger charge is 2.33. The third kappa shape index (κ3) is 4.99. The lowest BCUT2D eigenvalue weighted by Crippen LogP contribution is -2.38. The Hall–Kier alpha value is -2.46. The summed E-state index contributed by atoms with van der Waals surface area (Å²) in [6.45, 7) is 3.63. The molecule has 30 heavy (non-hydrogen) atoms. The molecule has 0 bridgehead atoms. The molecular formula is C20H25N3O5S2. The lowest BCUT2D eigenvalue weighted by atomic mass is 10.2. The molecule has 1 saturated carbocycles. The number of anilines is 1. The zero-order chi connectivity index (χ0) is 21.7. The van der Waals surface area contributed by atoms with Crippen molar-refractivity contribution in [2.75, 3.05) is 11.9 Å². The van der Waals surface area contributed by atoms with Gasteiger partial charge in [0.05, 0.1) is 33.6 Å². The maximum atomic E-state index is 13.1. The van der Waals surface area contributed by atoms with Gasteiger partial charge in [-0.15, -0.1) is 11.3 Å². The van der Waals surface area contributed by atoms with Gasteiger partial charge in [-0.25, -0.2) is 23.0 Å². The van der Waals surface area contributed by atoms with Gasteiger partial charge in [-0.3, -0.25) is 0 Å². The van der Waals surface area contributed by atoms with Crippen LogP contribution in [0.25, 0.3) is 0 Å². The first-order valence-corrected chi connectivity index (χ1v) is 12.3. The van der Waals surface area contributed by atoms with Gasteiger partial charge in [0.1, 0.15) is 0 Å². The third-order valence-electron chi connectivity index (χ3n) is 4.98. The minimum absolute atomic E-state index is 0.103. The lowest BCUT2D eigenvalue weighted by Gasteiger charge is -2.19. The second kappa shape index (κ2) is 9.57. The van der Waals surface area contributed by atoms with E-state index in [1.165, 1.54) is 11.3 Å². The Labute approximate surface area is 180 Å². The van der Waals surface area contributed by atoms with Crippen LogP contribution in [-0.4, -0.2) is 37.3 Å². The molecule has 2 N–H and O–H groups in total. The van der Waals surface area contributed by atoms with Crippen molar-refractivity contribution in [1.29, 1.82) is 0 Å². The molecule has 1 fully saturated rings. The number of benzene rings is 1. The maximum Gasteiger partial charge on any atom is 0.335 e. The van der Waals surface area contributed by atoms with E-state index in [0.717, 1.165) is 18.4 Å². The number of rotatable bonds is 7. The monoisotopic (exact) mass is 451 g/mol. The van der Waals surface area contributed by atoms with Crippen molar-refractivity contribution in [2.24, 2.45) is 0 Å². The number of nitrogens with zero attached hydrogens (tertiary/aromatic N) is 1. The van der Waals surface area contributed by atoms with Gasteiger partial charge in [-0.1, -0.05) is 18.9 Å². The standard InChI is InChI=1S/C20H25N3O5S2/c1-3-28-19(24)18(16-11-29-12-21-16)23-20(25)22-15-9-8-13(2)10-17(15)30(26,27)14-6-4-5-7-14/h8-12,14,18H,3-7H2,1-2H3,(H2,22,23,25). The number of hydrogen-bond donors (Lipinski definition) is 2. The molecule has 1 aliphatic carbocycles. The number of sulfone groups is 1. The Kier molecular flexibility index (Phi) is 7.09. The van der Waals surface area contributed by atoms with Crippen molar-refractivity contribution >= 4 is 38.9 Å². The summed E-state index contributed by atoms with van der Waals surface area (Å²) < 4.78 is 31.3. The fourth-order valence-electron chi connectivity index (χ4n) is 3.48. The van der Waals surface area contributed by atoms with Crippen LogP contribution < -0.4 is 10.6 Å². The Balaban J connectivity index is 1.83. The molecule has 1 aliphatic rings. The molecule has 1 heterocycles. The number of aromatic nitrogens is 1. The van der Waals surface area contributed by atoms with Crippen LogP contribution in [0, 0.1) is 6.92 Å². The van der Waals surface area contributed by atoms with E-state index in [0.29, 0.717) is 18.5 Å². The van der Waals surface area contributed by atoms with Gasteiger partial charge in [-0.2, -0.15) is 0 Å². The fraction of sp³-hybridized carbons (Fsp3) is 0.450. The minimum Gasteiger partial charge on any atom is -0.464 e. The maximum absolute atomic E-state index is 13.1. The predicted molar refractivity (Wildman–Crippen MR) is 114 cm³/mol. The van der Waals surface area contributed by atoms with Crippen LogP contribution in [0.15, 0.2) is 34.0 Å². The number of thiazole rings is 1. The van der Waals surface area contributed by atoms with E-state index in [1.807, 2.05) is 0 Å². The number of carbonyl (C=O) groups is 2. The second-order valence-corrected chi connectivity index (χ2v) is 10.1. The molecule has 2 aromatic rings. The summed E-state index contributed by atoms with van der Waals surface area (Å²) in [5.41, 5.74) is 2.87. The molecule has 2 amide bonds. The van der Waals surface area contributed by atoms with E-state index in [1.54, 1.807) is 42.9 Å². The fourth-order valence-corrected chi connectivity index (χ4v) is 6.15. The molecule has 1 aromatic carbocycles. The zero-order valence-corrected chi connectivity index (χ0v) is 18.5. The number of urea groups is 1. The van der Waals surface area contributed by atoms with E-state index in [2.05, 4.69) is 15.6 Å². The van der Waals surface area contributed by atoms with Crippen molar-refractivity contribution in [1.82, 2.24) is 10.3 Å². The molecule has 162 valence electrons. The van der Waals surface area contributed by atoms with Gasteiger partial charge in [0.15, 0.2) is 15.9 Å². The highest BCUT2D eigenvalue weighted by Crippen LogP contribution is 2.33. The van der Waals surface area contributed by atoms with Crippen LogP contribution in [0.3, 0.4) is 0 Å². The molecule has 0 radical (unpaired) electrons. The Bertz CT molecular complexity index is 999. The van der Waals surface area contributed by atoms with Gasteiger partial charge >= 0.3 is 12.0 Å². The van der Waals surface area contributed by atoms with Crippen LogP contribution in [0.2, 0.25) is 0 Å². The highest BCUT2D eigenvalue weighted by molar-refractivity contribution is 7.92. The van der Waals surface area contributed by atoms with Crippen LogP contribution >= 0.6 is 11.3 Å². The summed E-state index contributed by atoms with van der Waals surface area (Å²) >= 11 is 1.29. The SMILES string of the molecule is CCOC(=O)C(NC(=O)Nc1ccc(C)cc1S(=O)(=O)C1CCCC1)c1cscn1. The van der Waals surface area contributed by atoms with E-state index < -0.39 is 33.1 Å². The summed E-state index contributed by atoms with van der Waals surface area (Å²) in [7, 11) is -3.58. The number of amides is 2. The number of esters is 1. The van der Waals surface area contributed by atoms with Crippen LogP contribution in [0.1, 0.15) is 49.9 Å². The number of ether oxygens (including phenoxy) is 1. The second-order valence-electron chi connectivity index (χ2n) is 7.15. The summed E-state index contributed by atoms with van der Waals surface area (Å²) in [5.74, 6) is -0.638. The van der Waals surface area contributed by atoms with Crippen LogP contribution in [0.4, 0.5) is 10.5 Å². The van der Waals surface area contributed by atoms with Gasteiger partial charge in [0, 0.05) is 5.38 Å². The third-order valence-corrected chi connectivity index (χ3v) is 7.88. The molecule has 3 rings (SSSR count). The number of carbonyl (C=O) groups excluding carboxylic acids is 2. The smallest absolute Gasteiger partial charge is 0.335 e. The average molecular weight is 452 g/mol. The largest absolute Gasteiger partial charge is 0.464 e. The molecule has 0 saturated heterocycles. The Morgan fingerprint density at radius 2 is 2.03 bits per heavy atom. The first kappa shape index (κ1) is 22.2. The first-order valence-electron chi connectivity index (χ1n) is 9.79. The Morgan fingerprint density at radius 1 is 1.30 bits per heavy atom. The average Bonchev–Trinajstić information content (AvgIpc) is 3.42. The van der Waals surface area contributed by atoms with Crippen LogP contribution in [0.5, 0.6) is 0 Å². The summed E-state index contributed by atoms with van der Waals surface area (Å²) in [5, 5.41) is 6.34. The molecule has 10 heteroatoms. The van der Waals surface area contributed by atoms with E-state index >= 15 is 0 Å². The van der Waals surface area contributed by atoms with Crippen molar-refractivity contribution in [3.8, 4) is 0 Å². The van der Waals surface area contributed by atoms with E-state index in [4.69, 9.17) is 4.74 Å². The molecule has 0 aliphatic heterocycles. The number of nitrogens with one attached hydrogen (secondary N) is 2. The van der Waals surface area contributed by atoms with Crippen LogP contribution in [-0.2, 0) is 19.4 Å². The quantitative estimate of drug-likeness (QED) is 0.622. The molecule has 8 nitrogen and oxygen atoms in total. The van der Waals surface area contributed by atoms with Crippen molar-refractivity contribution in [3.63, 3.8) is 0 Å². The van der Waals surface area contributed by atoms with Gasteiger partial charge < -0.3 is 15.4 Å². The number of hydrogen-bond acceptors (Lipinski definition) is 7. The predicted octanol–water partition coefficient (Wildman–Crippen LogP) is 3.59. The van der Waals surface area contributed by atoms with E-state index in [-0.39, 0.29) is 17.2 Å². The van der Waals surface area contributed by atoms with Crippen molar-refractivity contribution in [2.45, 2.75) is 55.7 Å². The first-order chi connectivity index (χ1) is 14.3. The van der Waals surface area contributed by atoms with Gasteiger partial charge in [0.25, 0.3) is 0 Å². The summed E-state index contributed by atoms with van der Waals surface area (Å²) in [4.78, 5) is 29.1. The molecule has 1 unspecified atom stereocenters. The molecular weight excluding hydrogens is 426 g/mol. The van der Waals surface area contributed by atoms with Crippen molar-refractivity contribution in [3.05, 3.63) is 40.3 Å². The Morgan fingerprint density at radius 3 is 2.67 bits per heavy atom. The summed E-state index contributed by atoms with van der Waals surface area (Å²) in [6.07, 6.45) is 3.01. The molecule has 1 aromatic heterocycles. The minimum atomic E-state index is -3.58.